The van der Waals surface area contributed by atoms with Gasteiger partial charge in [-0.1, -0.05) is 0 Å². The lowest BCUT2D eigenvalue weighted by Gasteiger charge is -2.13. The molecule has 0 N–H and O–H groups in total. The average molecular weight is 176 g/mol. The highest BCUT2D eigenvalue weighted by molar-refractivity contribution is 6.23. The van der Waals surface area contributed by atoms with Crippen molar-refractivity contribution >= 4 is 7.69 Å². The molecular formula is C10H13BO2. The normalized spacial score (nSPS) is 12.9. The van der Waals surface area contributed by atoms with Crippen molar-refractivity contribution in [3.63, 3.8) is 0 Å². The summed E-state index contributed by atoms with van der Waals surface area (Å²) in [5, 5.41) is 0. The van der Waals surface area contributed by atoms with E-state index in [1.807, 2.05) is 0 Å². The van der Waals surface area contributed by atoms with E-state index in [1.54, 1.807) is 0 Å². The van der Waals surface area contributed by atoms with E-state index in [0.29, 0.717) is 7.69 Å². The van der Waals surface area contributed by atoms with Crippen molar-refractivity contribution in [1.29, 1.82) is 0 Å². The Kier molecular flexibility index (Phi) is 1.75. The molecule has 13 heavy (non-hydrogen) atoms. The van der Waals surface area contributed by atoms with Gasteiger partial charge >= 0.3 is 7.69 Å². The topological polar surface area (TPSA) is 18.5 Å². The van der Waals surface area contributed by atoms with Gasteiger partial charge < -0.3 is 9.31 Å². The minimum Gasteiger partial charge on any atom is -0.526 e. The summed E-state index contributed by atoms with van der Waals surface area (Å²) in [5.41, 5.74) is 5.02. The molecule has 1 aromatic carbocycles. The summed E-state index contributed by atoms with van der Waals surface area (Å²) in [7, 11) is 0.361. The quantitative estimate of drug-likeness (QED) is 0.562. The van der Waals surface area contributed by atoms with Crippen molar-refractivity contribution in [3.05, 3.63) is 22.3 Å². The molecule has 0 saturated heterocycles. The van der Waals surface area contributed by atoms with Gasteiger partial charge in [-0.05, 0) is 49.9 Å². The first-order valence-corrected chi connectivity index (χ1v) is 4.49. The molecule has 2 nitrogen and oxygen atoms in total. The largest absolute Gasteiger partial charge is 0.576 e. The minimum absolute atomic E-state index is 0.361. The van der Waals surface area contributed by atoms with Crippen LogP contribution in [0.2, 0.25) is 0 Å². The van der Waals surface area contributed by atoms with Crippen LogP contribution in [-0.2, 0) is 0 Å². The van der Waals surface area contributed by atoms with Crippen molar-refractivity contribution in [3.8, 4) is 11.5 Å². The number of benzene rings is 1. The van der Waals surface area contributed by atoms with E-state index in [2.05, 4.69) is 27.7 Å². The van der Waals surface area contributed by atoms with Crippen molar-refractivity contribution < 1.29 is 9.31 Å². The summed E-state index contributed by atoms with van der Waals surface area (Å²) in [6.07, 6.45) is 0. The van der Waals surface area contributed by atoms with E-state index >= 15 is 0 Å². The Hall–Kier alpha value is -1.12. The van der Waals surface area contributed by atoms with Gasteiger partial charge in [0.25, 0.3) is 0 Å². The molecule has 0 unspecified atom stereocenters. The van der Waals surface area contributed by atoms with Crippen LogP contribution in [-0.4, -0.2) is 7.69 Å². The van der Waals surface area contributed by atoms with Gasteiger partial charge in [0.05, 0.1) is 0 Å². The molecule has 1 heterocycles. The van der Waals surface area contributed by atoms with Gasteiger partial charge in [0.15, 0.2) is 0 Å². The van der Waals surface area contributed by atoms with E-state index in [1.165, 1.54) is 22.3 Å². The van der Waals surface area contributed by atoms with Crippen LogP contribution >= 0.6 is 0 Å². The maximum atomic E-state index is 5.42. The molecule has 0 aromatic heterocycles. The zero-order valence-corrected chi connectivity index (χ0v) is 8.52. The van der Waals surface area contributed by atoms with Crippen LogP contribution in [0.15, 0.2) is 0 Å². The van der Waals surface area contributed by atoms with Crippen molar-refractivity contribution in [2.45, 2.75) is 27.7 Å². The Bertz CT molecular complexity index is 337. The molecule has 1 aromatic rings. The SMILES string of the molecule is Cc1c(C)c(C)c2c(c1C)OBO2. The van der Waals surface area contributed by atoms with E-state index in [-0.39, 0.29) is 0 Å². The summed E-state index contributed by atoms with van der Waals surface area (Å²) < 4.78 is 10.8. The summed E-state index contributed by atoms with van der Waals surface area (Å²) in [4.78, 5) is 0. The van der Waals surface area contributed by atoms with Crippen molar-refractivity contribution in [2.24, 2.45) is 0 Å². The molecule has 0 spiro atoms. The minimum atomic E-state index is 0.361. The maximum absolute atomic E-state index is 5.42. The zero-order valence-electron chi connectivity index (χ0n) is 8.52. The van der Waals surface area contributed by atoms with Gasteiger partial charge in [-0.2, -0.15) is 0 Å². The molecule has 2 rings (SSSR count). The second kappa shape index (κ2) is 2.69. The monoisotopic (exact) mass is 176 g/mol. The number of fused-ring (bicyclic) bond motifs is 1. The van der Waals surface area contributed by atoms with Gasteiger partial charge in [0, 0.05) is 0 Å². The lowest BCUT2D eigenvalue weighted by Crippen LogP contribution is -2.00. The van der Waals surface area contributed by atoms with Gasteiger partial charge in [-0.3, -0.25) is 0 Å². The summed E-state index contributed by atoms with van der Waals surface area (Å²) >= 11 is 0. The van der Waals surface area contributed by atoms with Crippen LogP contribution in [0.25, 0.3) is 0 Å². The highest BCUT2D eigenvalue weighted by Crippen LogP contribution is 2.41. The van der Waals surface area contributed by atoms with Crippen molar-refractivity contribution in [2.75, 3.05) is 0 Å². The Morgan fingerprint density at radius 2 is 1.08 bits per heavy atom. The molecule has 1 aliphatic heterocycles. The lowest BCUT2D eigenvalue weighted by atomic mass is 9.98. The number of hydrogen-bond acceptors (Lipinski definition) is 2. The first-order chi connectivity index (χ1) is 6.13. The predicted octanol–water partition coefficient (Wildman–Crippen LogP) is 1.96. The lowest BCUT2D eigenvalue weighted by molar-refractivity contribution is 0.539. The molecule has 0 amide bonds. The van der Waals surface area contributed by atoms with Crippen molar-refractivity contribution in [1.82, 2.24) is 0 Å². The fraction of sp³-hybridized carbons (Fsp3) is 0.400. The fourth-order valence-electron chi connectivity index (χ4n) is 1.74. The highest BCUT2D eigenvalue weighted by Gasteiger charge is 2.23. The standard InChI is InChI=1S/C10H13BO2/c1-5-6(2)8(4)10-9(7(5)3)12-11-13-10/h11H,1-4H3. The number of rotatable bonds is 0. The fourth-order valence-corrected chi connectivity index (χ4v) is 1.74. The van der Waals surface area contributed by atoms with E-state index in [9.17, 15) is 0 Å². The van der Waals surface area contributed by atoms with E-state index in [4.69, 9.17) is 9.31 Å². The Balaban J connectivity index is 2.77. The number of hydrogen-bond donors (Lipinski definition) is 0. The molecule has 68 valence electrons. The van der Waals surface area contributed by atoms with Crippen LogP contribution in [0.1, 0.15) is 22.3 Å². The van der Waals surface area contributed by atoms with Gasteiger partial charge in [-0.15, -0.1) is 0 Å². The van der Waals surface area contributed by atoms with E-state index in [0.717, 1.165) is 11.5 Å². The zero-order chi connectivity index (χ0) is 9.59. The Labute approximate surface area is 79.2 Å². The third-order valence-electron chi connectivity index (χ3n) is 2.98. The van der Waals surface area contributed by atoms with Gasteiger partial charge in [0.2, 0.25) is 0 Å². The first-order valence-electron chi connectivity index (χ1n) is 4.49. The molecule has 0 bridgehead atoms. The van der Waals surface area contributed by atoms with Crippen LogP contribution in [0, 0.1) is 27.7 Å². The van der Waals surface area contributed by atoms with Crippen LogP contribution in [0.4, 0.5) is 0 Å². The Morgan fingerprint density at radius 3 is 1.46 bits per heavy atom. The molecule has 0 atom stereocenters. The first kappa shape index (κ1) is 8.48. The molecular weight excluding hydrogens is 163 g/mol. The maximum Gasteiger partial charge on any atom is 0.576 e. The van der Waals surface area contributed by atoms with E-state index < -0.39 is 0 Å². The molecule has 3 heteroatoms. The van der Waals surface area contributed by atoms with Crippen LogP contribution < -0.4 is 9.31 Å². The smallest absolute Gasteiger partial charge is 0.526 e. The highest BCUT2D eigenvalue weighted by atomic mass is 16.6. The summed E-state index contributed by atoms with van der Waals surface area (Å²) in [6.45, 7) is 8.41. The molecule has 0 fully saturated rings. The Morgan fingerprint density at radius 1 is 0.692 bits per heavy atom. The average Bonchev–Trinajstić information content (AvgIpc) is 2.59. The molecule has 0 aliphatic carbocycles. The molecule has 1 aliphatic rings. The molecule has 0 radical (unpaired) electrons. The summed E-state index contributed by atoms with van der Waals surface area (Å²) in [6, 6.07) is 0. The third kappa shape index (κ3) is 1.03. The van der Waals surface area contributed by atoms with Gasteiger partial charge in [0.1, 0.15) is 11.5 Å². The molecule has 0 saturated carbocycles. The third-order valence-corrected chi connectivity index (χ3v) is 2.98. The second-order valence-corrected chi connectivity index (χ2v) is 3.56. The second-order valence-electron chi connectivity index (χ2n) is 3.56. The van der Waals surface area contributed by atoms with Crippen LogP contribution in [0.3, 0.4) is 0 Å². The van der Waals surface area contributed by atoms with Crippen LogP contribution in [0.5, 0.6) is 11.5 Å². The van der Waals surface area contributed by atoms with Gasteiger partial charge in [-0.25, -0.2) is 0 Å². The summed E-state index contributed by atoms with van der Waals surface area (Å²) in [5.74, 6) is 1.86. The predicted molar refractivity (Wildman–Crippen MR) is 53.8 cm³/mol.